The molecule has 1 aromatic carbocycles. The molecule has 4 heterocycles. The summed E-state index contributed by atoms with van der Waals surface area (Å²) in [4.78, 5) is 12.4. The number of nitrogens with two attached hydrogens (primary N) is 1. The van der Waals surface area contributed by atoms with Crippen LogP contribution in [-0.4, -0.2) is 48.7 Å². The van der Waals surface area contributed by atoms with Gasteiger partial charge in [-0.15, -0.1) is 0 Å². The maximum atomic E-state index is 13.7. The fourth-order valence-corrected chi connectivity index (χ4v) is 4.03. The number of nitrogens with zero attached hydrogens (tertiary/aromatic N) is 4. The Labute approximate surface area is 169 Å². The molecule has 2 fully saturated rings. The molecule has 158 valence electrons. The number of halogens is 2. The number of aliphatic hydroxyl groups is 1. The van der Waals surface area contributed by atoms with Gasteiger partial charge in [-0.25, -0.2) is 23.7 Å². The largest absolute Gasteiger partial charge is 0.386 e. The van der Waals surface area contributed by atoms with E-state index in [4.69, 9.17) is 19.9 Å². The summed E-state index contributed by atoms with van der Waals surface area (Å²) in [5.41, 5.74) is 6.86. The van der Waals surface area contributed by atoms with Crippen molar-refractivity contribution in [3.8, 4) is 0 Å². The molecule has 2 aliphatic rings. The molecular weight excluding hydrogens is 400 g/mol. The molecular formula is C19H19F2N5O4. The summed E-state index contributed by atoms with van der Waals surface area (Å²) >= 11 is 0. The van der Waals surface area contributed by atoms with Crippen LogP contribution >= 0.6 is 0 Å². The lowest BCUT2D eigenvalue weighted by Crippen LogP contribution is -2.34. The molecule has 5 rings (SSSR count). The van der Waals surface area contributed by atoms with E-state index in [1.807, 2.05) is 0 Å². The molecule has 9 nitrogen and oxygen atoms in total. The summed E-state index contributed by atoms with van der Waals surface area (Å²) in [6.07, 6.45) is -1.43. The number of rotatable bonds is 3. The van der Waals surface area contributed by atoms with Crippen LogP contribution < -0.4 is 5.73 Å². The van der Waals surface area contributed by atoms with E-state index < -0.39 is 48.1 Å². The lowest BCUT2D eigenvalue weighted by molar-refractivity contribution is -0.207. The summed E-state index contributed by atoms with van der Waals surface area (Å²) in [5.74, 6) is -2.78. The van der Waals surface area contributed by atoms with E-state index in [1.54, 1.807) is 18.4 Å². The molecule has 0 spiro atoms. The van der Waals surface area contributed by atoms with Crippen molar-refractivity contribution in [1.82, 2.24) is 19.5 Å². The number of benzene rings is 1. The summed E-state index contributed by atoms with van der Waals surface area (Å²) in [6.45, 7) is 3.49. The molecule has 11 heteroatoms. The van der Waals surface area contributed by atoms with Gasteiger partial charge in [-0.05, 0) is 31.5 Å². The van der Waals surface area contributed by atoms with Crippen LogP contribution in [0.4, 0.5) is 14.6 Å². The van der Waals surface area contributed by atoms with Crippen molar-refractivity contribution in [2.75, 3.05) is 5.73 Å². The Morgan fingerprint density at radius 3 is 2.67 bits per heavy atom. The van der Waals surface area contributed by atoms with Crippen molar-refractivity contribution in [3.63, 3.8) is 0 Å². The zero-order chi connectivity index (χ0) is 21.2. The molecule has 0 unspecified atom stereocenters. The highest BCUT2D eigenvalue weighted by Crippen LogP contribution is 2.47. The van der Waals surface area contributed by atoms with Gasteiger partial charge in [0.15, 0.2) is 35.1 Å². The van der Waals surface area contributed by atoms with Crippen LogP contribution in [-0.2, 0) is 14.2 Å². The third-order valence-corrected chi connectivity index (χ3v) is 5.32. The van der Waals surface area contributed by atoms with Gasteiger partial charge >= 0.3 is 0 Å². The van der Waals surface area contributed by atoms with Crippen molar-refractivity contribution < 1.29 is 28.1 Å². The number of aromatic nitrogens is 4. The Kier molecular flexibility index (Phi) is 4.26. The Morgan fingerprint density at radius 1 is 1.13 bits per heavy atom. The van der Waals surface area contributed by atoms with Gasteiger partial charge in [0.25, 0.3) is 0 Å². The van der Waals surface area contributed by atoms with Crippen LogP contribution in [0.2, 0.25) is 0 Å². The van der Waals surface area contributed by atoms with Crippen LogP contribution in [0.25, 0.3) is 11.2 Å². The van der Waals surface area contributed by atoms with E-state index in [9.17, 15) is 13.9 Å². The molecule has 5 atom stereocenters. The minimum atomic E-state index is -1.29. The molecule has 30 heavy (non-hydrogen) atoms. The summed E-state index contributed by atoms with van der Waals surface area (Å²) in [5, 5.41) is 10.9. The second kappa shape index (κ2) is 6.64. The highest BCUT2D eigenvalue weighted by atomic mass is 19.2. The van der Waals surface area contributed by atoms with E-state index in [1.165, 1.54) is 18.7 Å². The first-order valence-corrected chi connectivity index (χ1v) is 9.32. The highest BCUT2D eigenvalue weighted by molar-refractivity contribution is 5.81. The molecule has 3 N–H and O–H groups in total. The van der Waals surface area contributed by atoms with Crippen molar-refractivity contribution in [3.05, 3.63) is 48.1 Å². The monoisotopic (exact) mass is 419 g/mol. The fourth-order valence-electron chi connectivity index (χ4n) is 4.03. The first-order valence-electron chi connectivity index (χ1n) is 9.32. The quantitative estimate of drug-likeness (QED) is 0.660. The van der Waals surface area contributed by atoms with Crippen LogP contribution in [0.1, 0.15) is 31.7 Å². The van der Waals surface area contributed by atoms with E-state index >= 15 is 0 Å². The number of imidazole rings is 1. The second-order valence-corrected chi connectivity index (χ2v) is 7.76. The van der Waals surface area contributed by atoms with Crippen LogP contribution in [0, 0.1) is 11.6 Å². The summed E-state index contributed by atoms with van der Waals surface area (Å²) in [6, 6.07) is 3.19. The van der Waals surface area contributed by atoms with Crippen molar-refractivity contribution in [2.24, 2.45) is 0 Å². The van der Waals surface area contributed by atoms with Crippen molar-refractivity contribution >= 4 is 17.0 Å². The second-order valence-electron chi connectivity index (χ2n) is 7.76. The van der Waals surface area contributed by atoms with Gasteiger partial charge in [0, 0.05) is 0 Å². The topological polar surface area (TPSA) is 118 Å². The smallest absolute Gasteiger partial charge is 0.167 e. The van der Waals surface area contributed by atoms with E-state index in [-0.39, 0.29) is 11.4 Å². The zero-order valence-electron chi connectivity index (χ0n) is 16.1. The number of fused-ring (bicyclic) bond motifs is 2. The van der Waals surface area contributed by atoms with Crippen molar-refractivity contribution in [1.29, 1.82) is 0 Å². The lowest BCUT2D eigenvalue weighted by atomic mass is 9.99. The van der Waals surface area contributed by atoms with Gasteiger partial charge in [-0.3, -0.25) is 4.57 Å². The van der Waals surface area contributed by atoms with E-state index in [2.05, 4.69) is 15.0 Å². The Hall–Kier alpha value is -2.73. The predicted octanol–water partition coefficient (Wildman–Crippen LogP) is 1.84. The number of aliphatic hydroxyl groups excluding tert-OH is 1. The Bertz CT molecular complexity index is 1120. The molecule has 2 aliphatic heterocycles. The first kappa shape index (κ1) is 19.2. The first-order chi connectivity index (χ1) is 14.2. The normalized spacial score (nSPS) is 28.7. The van der Waals surface area contributed by atoms with Gasteiger partial charge in [-0.2, -0.15) is 0 Å². The average molecular weight is 419 g/mol. The average Bonchev–Trinajstić information content (AvgIpc) is 3.34. The Balaban J connectivity index is 1.54. The molecule has 0 bridgehead atoms. The highest BCUT2D eigenvalue weighted by Gasteiger charge is 2.58. The number of anilines is 1. The van der Waals surface area contributed by atoms with Gasteiger partial charge in [0.1, 0.15) is 36.3 Å². The predicted molar refractivity (Wildman–Crippen MR) is 98.8 cm³/mol. The zero-order valence-corrected chi connectivity index (χ0v) is 16.1. The minimum Gasteiger partial charge on any atom is -0.386 e. The molecule has 3 aromatic rings. The number of ether oxygens (including phenoxy) is 3. The molecule has 0 saturated carbocycles. The maximum Gasteiger partial charge on any atom is 0.167 e. The van der Waals surface area contributed by atoms with Gasteiger partial charge in [0.05, 0.1) is 6.33 Å². The standard InChI is InChI=1S/C19H19F2N5O4/c1-19(2)29-14-13(12(27)8-3-4-9(20)10(21)5-8)28-18(15(14)30-19)26-7-25-11-16(22)23-6-24-17(11)26/h3-7,12-15,18,27H,1-2H3,(H2,22,23,24)/t12-,13-,14-,15-,18-/m1/s1. The van der Waals surface area contributed by atoms with Gasteiger partial charge in [0.2, 0.25) is 0 Å². The maximum absolute atomic E-state index is 13.7. The van der Waals surface area contributed by atoms with Crippen molar-refractivity contribution in [2.45, 2.75) is 50.3 Å². The molecule has 2 saturated heterocycles. The minimum absolute atomic E-state index is 0.161. The Morgan fingerprint density at radius 2 is 1.90 bits per heavy atom. The lowest BCUT2D eigenvalue weighted by Gasteiger charge is -2.27. The van der Waals surface area contributed by atoms with E-state index in [0.717, 1.165) is 12.1 Å². The van der Waals surface area contributed by atoms with Crippen LogP contribution in [0.5, 0.6) is 0 Å². The fraction of sp³-hybridized carbons (Fsp3) is 0.421. The number of hydrogen-bond donors (Lipinski definition) is 2. The summed E-state index contributed by atoms with van der Waals surface area (Å²) < 4.78 is 46.8. The number of nitrogen functional groups attached to an aromatic ring is 1. The molecule has 2 aromatic heterocycles. The third-order valence-electron chi connectivity index (χ3n) is 5.32. The third kappa shape index (κ3) is 2.93. The van der Waals surface area contributed by atoms with Crippen LogP contribution in [0.15, 0.2) is 30.9 Å². The molecule has 0 amide bonds. The molecule has 0 aliphatic carbocycles. The SMILES string of the molecule is CC1(C)O[C@H]2[C@@H](O1)[C@H](n1cnc3c(N)ncnc31)O[C@@H]2[C@H](O)c1ccc(F)c(F)c1. The molecule has 0 radical (unpaired) electrons. The summed E-state index contributed by atoms with van der Waals surface area (Å²) in [7, 11) is 0. The van der Waals surface area contributed by atoms with Crippen LogP contribution in [0.3, 0.4) is 0 Å². The number of hydrogen-bond acceptors (Lipinski definition) is 8. The van der Waals surface area contributed by atoms with Gasteiger partial charge < -0.3 is 25.1 Å². The van der Waals surface area contributed by atoms with Gasteiger partial charge in [-0.1, -0.05) is 6.07 Å². The van der Waals surface area contributed by atoms with E-state index in [0.29, 0.717) is 11.2 Å².